The van der Waals surface area contributed by atoms with Gasteiger partial charge < -0.3 is 20.3 Å². The molecule has 29 heavy (non-hydrogen) atoms. The molecule has 0 aliphatic carbocycles. The van der Waals surface area contributed by atoms with E-state index in [0.29, 0.717) is 6.54 Å². The quantitative estimate of drug-likeness (QED) is 0.339. The molecule has 1 saturated heterocycles. The molecule has 1 aliphatic rings. The highest BCUT2D eigenvalue weighted by Gasteiger charge is 2.15. The first-order valence-electron chi connectivity index (χ1n) is 9.79. The van der Waals surface area contributed by atoms with Gasteiger partial charge in [-0.1, -0.05) is 18.2 Å². The molecular weight excluding hydrogens is 484 g/mol. The fraction of sp³-hybridized carbons (Fsp3) is 0.429. The number of pyridine rings is 1. The van der Waals surface area contributed by atoms with Crippen LogP contribution in [-0.2, 0) is 17.7 Å². The number of rotatable bonds is 7. The van der Waals surface area contributed by atoms with E-state index in [1.165, 1.54) is 12.1 Å². The minimum Gasteiger partial charge on any atom is -0.378 e. The smallest absolute Gasteiger partial charge is 0.191 e. The molecule has 8 heteroatoms. The number of benzene rings is 1. The van der Waals surface area contributed by atoms with Crippen LogP contribution in [0.4, 0.5) is 10.2 Å². The normalized spacial score (nSPS) is 14.3. The van der Waals surface area contributed by atoms with Crippen LogP contribution >= 0.6 is 24.0 Å². The van der Waals surface area contributed by atoms with Gasteiger partial charge in [0.15, 0.2) is 5.96 Å². The van der Waals surface area contributed by atoms with Gasteiger partial charge in [0, 0.05) is 37.9 Å². The van der Waals surface area contributed by atoms with Crippen molar-refractivity contribution in [2.45, 2.75) is 19.9 Å². The van der Waals surface area contributed by atoms with Crippen LogP contribution in [0.15, 0.2) is 47.6 Å². The summed E-state index contributed by atoms with van der Waals surface area (Å²) >= 11 is 0. The minimum absolute atomic E-state index is 0. The van der Waals surface area contributed by atoms with Gasteiger partial charge in [-0.15, -0.1) is 24.0 Å². The molecule has 158 valence electrons. The molecule has 1 aliphatic heterocycles. The van der Waals surface area contributed by atoms with E-state index in [2.05, 4.69) is 26.6 Å². The van der Waals surface area contributed by atoms with Crippen molar-refractivity contribution in [3.05, 3.63) is 59.5 Å². The van der Waals surface area contributed by atoms with Crippen molar-refractivity contribution in [1.29, 1.82) is 0 Å². The summed E-state index contributed by atoms with van der Waals surface area (Å²) in [5.41, 5.74) is 2.19. The van der Waals surface area contributed by atoms with Crippen LogP contribution in [0.1, 0.15) is 18.1 Å². The van der Waals surface area contributed by atoms with E-state index in [1.54, 1.807) is 0 Å². The number of hydrogen-bond acceptors (Lipinski definition) is 4. The summed E-state index contributed by atoms with van der Waals surface area (Å²) in [5.74, 6) is 1.54. The highest BCUT2D eigenvalue weighted by molar-refractivity contribution is 14.0. The molecule has 2 N–H and O–H groups in total. The number of nitrogens with zero attached hydrogens (tertiary/aromatic N) is 3. The fourth-order valence-corrected chi connectivity index (χ4v) is 3.10. The Morgan fingerprint density at radius 2 is 1.93 bits per heavy atom. The molecular formula is C21H29FIN5O. The van der Waals surface area contributed by atoms with E-state index >= 15 is 0 Å². The highest BCUT2D eigenvalue weighted by atomic mass is 127. The lowest BCUT2D eigenvalue weighted by Crippen LogP contribution is -2.38. The predicted molar refractivity (Wildman–Crippen MR) is 126 cm³/mol. The van der Waals surface area contributed by atoms with Gasteiger partial charge in [-0.2, -0.15) is 0 Å². The Bertz CT molecular complexity index is 766. The lowest BCUT2D eigenvalue weighted by Gasteiger charge is -2.29. The van der Waals surface area contributed by atoms with Crippen LogP contribution in [0.3, 0.4) is 0 Å². The van der Waals surface area contributed by atoms with Crippen molar-refractivity contribution in [1.82, 2.24) is 15.6 Å². The van der Waals surface area contributed by atoms with E-state index < -0.39 is 0 Å². The van der Waals surface area contributed by atoms with Gasteiger partial charge in [0.2, 0.25) is 0 Å². The molecule has 1 aromatic carbocycles. The number of ether oxygens (including phenoxy) is 1. The zero-order valence-corrected chi connectivity index (χ0v) is 19.1. The molecule has 1 aromatic heterocycles. The van der Waals surface area contributed by atoms with Crippen LogP contribution in [-0.4, -0.2) is 50.3 Å². The first-order chi connectivity index (χ1) is 13.8. The predicted octanol–water partition coefficient (Wildman–Crippen LogP) is 2.97. The van der Waals surface area contributed by atoms with Gasteiger partial charge in [-0.25, -0.2) is 14.4 Å². The van der Waals surface area contributed by atoms with Crippen molar-refractivity contribution in [3.8, 4) is 0 Å². The summed E-state index contributed by atoms with van der Waals surface area (Å²) < 4.78 is 18.4. The largest absolute Gasteiger partial charge is 0.378 e. The summed E-state index contributed by atoms with van der Waals surface area (Å²) in [4.78, 5) is 11.5. The average molecular weight is 513 g/mol. The molecule has 0 bridgehead atoms. The van der Waals surface area contributed by atoms with Gasteiger partial charge in [0.05, 0.1) is 19.8 Å². The van der Waals surface area contributed by atoms with Crippen LogP contribution in [0.2, 0.25) is 0 Å². The van der Waals surface area contributed by atoms with Crippen LogP contribution < -0.4 is 15.5 Å². The monoisotopic (exact) mass is 513 g/mol. The molecule has 0 amide bonds. The number of hydrogen-bond donors (Lipinski definition) is 2. The molecule has 0 atom stereocenters. The second kappa shape index (κ2) is 12.6. The zero-order chi connectivity index (χ0) is 19.6. The van der Waals surface area contributed by atoms with Crippen molar-refractivity contribution in [3.63, 3.8) is 0 Å². The Labute approximate surface area is 189 Å². The summed E-state index contributed by atoms with van der Waals surface area (Å²) in [6.45, 7) is 7.26. The number of anilines is 1. The van der Waals surface area contributed by atoms with Crippen molar-refractivity contribution < 1.29 is 9.13 Å². The standard InChI is InChI=1S/C21H28FN5O.HI/c1-2-23-21(25-11-9-17-5-7-19(22)8-6-17)26-16-18-4-3-10-24-20(18)27-12-14-28-15-13-27;/h3-8,10H,2,9,11-16H2,1H3,(H2,23,25,26);1H. The van der Waals surface area contributed by atoms with Gasteiger partial charge >= 0.3 is 0 Å². The van der Waals surface area contributed by atoms with Gasteiger partial charge in [0.1, 0.15) is 11.6 Å². The Morgan fingerprint density at radius 3 is 2.66 bits per heavy atom. The number of halogens is 2. The topological polar surface area (TPSA) is 61.8 Å². The molecule has 6 nitrogen and oxygen atoms in total. The van der Waals surface area contributed by atoms with E-state index in [-0.39, 0.29) is 29.8 Å². The van der Waals surface area contributed by atoms with E-state index in [0.717, 1.165) is 68.7 Å². The highest BCUT2D eigenvalue weighted by Crippen LogP contribution is 2.19. The van der Waals surface area contributed by atoms with Crippen LogP contribution in [0.25, 0.3) is 0 Å². The number of morpholine rings is 1. The molecule has 3 rings (SSSR count). The lowest BCUT2D eigenvalue weighted by atomic mass is 10.1. The van der Waals surface area contributed by atoms with Crippen LogP contribution in [0.5, 0.6) is 0 Å². The summed E-state index contributed by atoms with van der Waals surface area (Å²) in [7, 11) is 0. The Kier molecular flexibility index (Phi) is 10.1. The maximum Gasteiger partial charge on any atom is 0.191 e. The molecule has 0 spiro atoms. The van der Waals surface area contributed by atoms with Crippen LogP contribution in [0, 0.1) is 5.82 Å². The van der Waals surface area contributed by atoms with Crippen molar-refractivity contribution in [2.75, 3.05) is 44.3 Å². The third-order valence-electron chi connectivity index (χ3n) is 4.55. The Balaban J connectivity index is 0.00000300. The summed E-state index contributed by atoms with van der Waals surface area (Å²) in [6, 6.07) is 10.6. The first-order valence-corrected chi connectivity index (χ1v) is 9.79. The number of aliphatic imine (C=N–C) groups is 1. The van der Waals surface area contributed by atoms with Gasteiger partial charge in [0.25, 0.3) is 0 Å². The third-order valence-corrected chi connectivity index (χ3v) is 4.55. The summed E-state index contributed by atoms with van der Waals surface area (Å²) in [6.07, 6.45) is 2.63. The zero-order valence-electron chi connectivity index (χ0n) is 16.7. The molecule has 0 radical (unpaired) electrons. The van der Waals surface area contributed by atoms with Gasteiger partial charge in [-0.05, 0) is 37.1 Å². The molecule has 1 fully saturated rings. The lowest BCUT2D eigenvalue weighted by molar-refractivity contribution is 0.122. The Morgan fingerprint density at radius 1 is 1.17 bits per heavy atom. The molecule has 2 aromatic rings. The maximum atomic E-state index is 13.0. The Hall–Kier alpha value is -1.94. The van der Waals surface area contributed by atoms with Crippen molar-refractivity contribution >= 4 is 35.8 Å². The SMILES string of the molecule is CCNC(=NCc1cccnc1N1CCOCC1)NCCc1ccc(F)cc1.I. The third kappa shape index (κ3) is 7.43. The fourth-order valence-electron chi connectivity index (χ4n) is 3.10. The number of aromatic nitrogens is 1. The number of guanidine groups is 1. The van der Waals surface area contributed by atoms with E-state index in [9.17, 15) is 4.39 Å². The van der Waals surface area contributed by atoms with E-state index in [4.69, 9.17) is 9.73 Å². The second-order valence-corrected chi connectivity index (χ2v) is 6.58. The van der Waals surface area contributed by atoms with Crippen molar-refractivity contribution in [2.24, 2.45) is 4.99 Å². The molecule has 0 unspecified atom stereocenters. The summed E-state index contributed by atoms with van der Waals surface area (Å²) in [5, 5.41) is 6.62. The van der Waals surface area contributed by atoms with E-state index in [1.807, 2.05) is 31.3 Å². The minimum atomic E-state index is -0.209. The number of nitrogens with one attached hydrogen (secondary N) is 2. The maximum absolute atomic E-state index is 13.0. The molecule has 2 heterocycles. The first kappa shape index (κ1) is 23.3. The van der Waals surface area contributed by atoms with Gasteiger partial charge in [-0.3, -0.25) is 0 Å². The second-order valence-electron chi connectivity index (χ2n) is 6.58. The average Bonchev–Trinajstić information content (AvgIpc) is 2.74. The molecule has 0 saturated carbocycles.